The highest BCUT2D eigenvalue weighted by Gasteiger charge is 2.21. The molecule has 1 aliphatic heterocycles. The maximum absolute atomic E-state index is 11.9. The summed E-state index contributed by atoms with van der Waals surface area (Å²) in [4.78, 5) is 23.7. The lowest BCUT2D eigenvalue weighted by molar-refractivity contribution is -0.127. The molecular formula is C15H20ClN3O2. The molecule has 1 aromatic rings. The Morgan fingerprint density at radius 3 is 2.90 bits per heavy atom. The molecule has 1 saturated heterocycles. The Kier molecular flexibility index (Phi) is 5.59. The van der Waals surface area contributed by atoms with Crippen molar-refractivity contribution in [3.05, 3.63) is 28.8 Å². The second-order valence-corrected chi connectivity index (χ2v) is 5.70. The molecule has 0 aromatic heterocycles. The summed E-state index contributed by atoms with van der Waals surface area (Å²) >= 11 is 6.05. The van der Waals surface area contributed by atoms with Crippen LogP contribution in [0.1, 0.15) is 18.4 Å². The molecule has 0 aliphatic carbocycles. The summed E-state index contributed by atoms with van der Waals surface area (Å²) < 4.78 is 0. The van der Waals surface area contributed by atoms with Gasteiger partial charge in [0.05, 0.1) is 23.2 Å². The highest BCUT2D eigenvalue weighted by atomic mass is 35.5. The summed E-state index contributed by atoms with van der Waals surface area (Å²) in [5.74, 6) is -0.403. The molecule has 3 N–H and O–H groups in total. The average molecular weight is 310 g/mol. The van der Waals surface area contributed by atoms with Crippen LogP contribution in [-0.2, 0) is 9.59 Å². The molecule has 0 saturated carbocycles. The Balaban J connectivity index is 1.80. The lowest BCUT2D eigenvalue weighted by atomic mass is 9.99. The van der Waals surface area contributed by atoms with E-state index in [4.69, 9.17) is 11.6 Å². The zero-order chi connectivity index (χ0) is 15.2. The fourth-order valence-electron chi connectivity index (χ4n) is 2.30. The average Bonchev–Trinajstić information content (AvgIpc) is 2.48. The Morgan fingerprint density at radius 1 is 1.43 bits per heavy atom. The summed E-state index contributed by atoms with van der Waals surface area (Å²) in [7, 11) is 0. The second-order valence-electron chi connectivity index (χ2n) is 5.29. The lowest BCUT2D eigenvalue weighted by Crippen LogP contribution is -2.42. The molecular weight excluding hydrogens is 290 g/mol. The van der Waals surface area contributed by atoms with E-state index < -0.39 is 0 Å². The summed E-state index contributed by atoms with van der Waals surface area (Å²) in [5.41, 5.74) is 1.58. The third-order valence-corrected chi connectivity index (χ3v) is 3.80. The molecule has 1 atom stereocenters. The first-order valence-electron chi connectivity index (χ1n) is 7.10. The van der Waals surface area contributed by atoms with Crippen LogP contribution in [0.2, 0.25) is 5.02 Å². The van der Waals surface area contributed by atoms with Crippen LogP contribution in [0, 0.1) is 12.8 Å². The SMILES string of the molecule is Cc1ccc(NC(=O)CNC(=O)C2CCCNC2)c(Cl)c1. The van der Waals surface area contributed by atoms with Crippen LogP contribution in [-0.4, -0.2) is 31.4 Å². The molecule has 0 radical (unpaired) electrons. The third kappa shape index (κ3) is 4.72. The van der Waals surface area contributed by atoms with Gasteiger partial charge in [0.25, 0.3) is 0 Å². The molecule has 2 amide bonds. The molecule has 0 spiro atoms. The summed E-state index contributed by atoms with van der Waals surface area (Å²) in [6, 6.07) is 5.40. The molecule has 0 bridgehead atoms. The van der Waals surface area contributed by atoms with Crippen molar-refractivity contribution in [3.63, 3.8) is 0 Å². The van der Waals surface area contributed by atoms with Crippen molar-refractivity contribution in [3.8, 4) is 0 Å². The zero-order valence-corrected chi connectivity index (χ0v) is 12.8. The van der Waals surface area contributed by atoms with Gasteiger partial charge in [0.1, 0.15) is 0 Å². The van der Waals surface area contributed by atoms with E-state index in [0.717, 1.165) is 24.9 Å². The van der Waals surface area contributed by atoms with E-state index in [0.29, 0.717) is 17.3 Å². The van der Waals surface area contributed by atoms with E-state index in [1.807, 2.05) is 13.0 Å². The van der Waals surface area contributed by atoms with Gasteiger partial charge >= 0.3 is 0 Å². The molecule has 114 valence electrons. The number of rotatable bonds is 4. The van der Waals surface area contributed by atoms with Crippen LogP contribution in [0.25, 0.3) is 0 Å². The van der Waals surface area contributed by atoms with Crippen molar-refractivity contribution in [1.82, 2.24) is 10.6 Å². The predicted molar refractivity (Wildman–Crippen MR) is 83.4 cm³/mol. The molecule has 21 heavy (non-hydrogen) atoms. The number of amides is 2. The Morgan fingerprint density at radius 2 is 2.24 bits per heavy atom. The number of carbonyl (C=O) groups is 2. The first kappa shape index (κ1) is 15.8. The monoisotopic (exact) mass is 309 g/mol. The van der Waals surface area contributed by atoms with Gasteiger partial charge in [0.2, 0.25) is 11.8 Å². The molecule has 1 heterocycles. The van der Waals surface area contributed by atoms with Gasteiger partial charge in [-0.3, -0.25) is 9.59 Å². The van der Waals surface area contributed by atoms with Crippen molar-refractivity contribution in [2.75, 3.05) is 25.0 Å². The fourth-order valence-corrected chi connectivity index (χ4v) is 2.59. The molecule has 1 aliphatic rings. The minimum atomic E-state index is -0.280. The highest BCUT2D eigenvalue weighted by Crippen LogP contribution is 2.22. The molecule has 1 aromatic carbocycles. The number of anilines is 1. The number of carbonyl (C=O) groups excluding carboxylic acids is 2. The molecule has 6 heteroatoms. The smallest absolute Gasteiger partial charge is 0.243 e. The minimum absolute atomic E-state index is 0.0421. The molecule has 2 rings (SSSR count). The number of halogens is 1. The lowest BCUT2D eigenvalue weighted by Gasteiger charge is -2.21. The molecule has 1 fully saturated rings. The van der Waals surface area contributed by atoms with E-state index in [1.54, 1.807) is 12.1 Å². The van der Waals surface area contributed by atoms with Crippen LogP contribution < -0.4 is 16.0 Å². The van der Waals surface area contributed by atoms with E-state index in [-0.39, 0.29) is 24.3 Å². The van der Waals surface area contributed by atoms with Gasteiger partial charge in [-0.05, 0) is 44.0 Å². The van der Waals surface area contributed by atoms with Gasteiger partial charge in [-0.15, -0.1) is 0 Å². The Hall–Kier alpha value is -1.59. The third-order valence-electron chi connectivity index (χ3n) is 3.49. The highest BCUT2D eigenvalue weighted by molar-refractivity contribution is 6.33. The van der Waals surface area contributed by atoms with Crippen molar-refractivity contribution >= 4 is 29.1 Å². The van der Waals surface area contributed by atoms with Crippen LogP contribution in [0.5, 0.6) is 0 Å². The van der Waals surface area contributed by atoms with Crippen LogP contribution >= 0.6 is 11.6 Å². The quantitative estimate of drug-likeness (QED) is 0.793. The van der Waals surface area contributed by atoms with Crippen molar-refractivity contribution in [2.45, 2.75) is 19.8 Å². The number of hydrogen-bond acceptors (Lipinski definition) is 3. The normalized spacial score (nSPS) is 18.1. The Labute approximate surface area is 129 Å². The van der Waals surface area contributed by atoms with Gasteiger partial charge in [0.15, 0.2) is 0 Å². The van der Waals surface area contributed by atoms with Crippen LogP contribution in [0.4, 0.5) is 5.69 Å². The van der Waals surface area contributed by atoms with Crippen molar-refractivity contribution in [1.29, 1.82) is 0 Å². The van der Waals surface area contributed by atoms with Crippen LogP contribution in [0.15, 0.2) is 18.2 Å². The number of nitrogens with one attached hydrogen (secondary N) is 3. The van der Waals surface area contributed by atoms with Crippen molar-refractivity contribution < 1.29 is 9.59 Å². The van der Waals surface area contributed by atoms with Gasteiger partial charge in [-0.25, -0.2) is 0 Å². The minimum Gasteiger partial charge on any atom is -0.347 e. The summed E-state index contributed by atoms with van der Waals surface area (Å²) in [6.45, 7) is 3.52. The first-order chi connectivity index (χ1) is 10.1. The summed E-state index contributed by atoms with van der Waals surface area (Å²) in [5, 5.41) is 9.03. The number of benzene rings is 1. The maximum Gasteiger partial charge on any atom is 0.243 e. The van der Waals surface area contributed by atoms with E-state index in [2.05, 4.69) is 16.0 Å². The first-order valence-corrected chi connectivity index (χ1v) is 7.48. The predicted octanol–water partition coefficient (Wildman–Crippen LogP) is 1.70. The number of hydrogen-bond donors (Lipinski definition) is 3. The molecule has 5 nitrogen and oxygen atoms in total. The van der Waals surface area contributed by atoms with Gasteiger partial charge in [-0.2, -0.15) is 0 Å². The van der Waals surface area contributed by atoms with E-state index >= 15 is 0 Å². The summed E-state index contributed by atoms with van der Waals surface area (Å²) in [6.07, 6.45) is 1.85. The standard InChI is InChI=1S/C15H20ClN3O2/c1-10-4-5-13(12(16)7-10)19-14(20)9-18-15(21)11-3-2-6-17-8-11/h4-5,7,11,17H,2-3,6,8-9H2,1H3,(H,18,21)(H,19,20). The van der Waals surface area contributed by atoms with Crippen LogP contribution in [0.3, 0.4) is 0 Å². The number of piperidine rings is 1. The zero-order valence-electron chi connectivity index (χ0n) is 12.0. The Bertz CT molecular complexity index is 528. The molecule has 1 unspecified atom stereocenters. The van der Waals surface area contributed by atoms with Gasteiger partial charge in [0, 0.05) is 6.54 Å². The van der Waals surface area contributed by atoms with Crippen molar-refractivity contribution in [2.24, 2.45) is 5.92 Å². The fraction of sp³-hybridized carbons (Fsp3) is 0.467. The van der Waals surface area contributed by atoms with E-state index in [9.17, 15) is 9.59 Å². The topological polar surface area (TPSA) is 70.2 Å². The van der Waals surface area contributed by atoms with Gasteiger partial charge < -0.3 is 16.0 Å². The largest absolute Gasteiger partial charge is 0.347 e. The van der Waals surface area contributed by atoms with Gasteiger partial charge in [-0.1, -0.05) is 17.7 Å². The second kappa shape index (κ2) is 7.43. The van der Waals surface area contributed by atoms with E-state index in [1.165, 1.54) is 0 Å². The number of aryl methyl sites for hydroxylation is 1. The maximum atomic E-state index is 11.9.